The van der Waals surface area contributed by atoms with Gasteiger partial charge in [-0.3, -0.25) is 9.78 Å². The molecule has 0 unspecified atom stereocenters. The fourth-order valence-electron chi connectivity index (χ4n) is 1.88. The summed E-state index contributed by atoms with van der Waals surface area (Å²) in [6.07, 6.45) is 1.68. The summed E-state index contributed by atoms with van der Waals surface area (Å²) in [6.45, 7) is 2.72. The highest BCUT2D eigenvalue weighted by Crippen LogP contribution is 2.15. The van der Waals surface area contributed by atoms with Crippen molar-refractivity contribution in [3.63, 3.8) is 0 Å². The number of rotatable bonds is 7. The van der Waals surface area contributed by atoms with Crippen LogP contribution in [0.5, 0.6) is 5.75 Å². The third-order valence-corrected chi connectivity index (χ3v) is 3.01. The molecule has 0 bridgehead atoms. The van der Waals surface area contributed by atoms with Crippen LogP contribution >= 0.6 is 0 Å². The molecule has 0 spiro atoms. The minimum atomic E-state index is -0.323. The first-order valence-corrected chi connectivity index (χ1v) is 7.61. The van der Waals surface area contributed by atoms with Crippen molar-refractivity contribution in [1.29, 1.82) is 0 Å². The fraction of sp³-hybridized carbons (Fsp3) is 0.235. The number of benzene rings is 1. The van der Waals surface area contributed by atoms with Crippen LogP contribution in [0.4, 0.5) is 10.5 Å². The van der Waals surface area contributed by atoms with Gasteiger partial charge in [0.05, 0.1) is 12.2 Å². The van der Waals surface area contributed by atoms with Gasteiger partial charge in [-0.2, -0.15) is 0 Å². The standard InChI is InChI=1S/C17H20N4O3/c1-2-18-16(22)12-24-15-8-6-13(7-9-15)21-17(23)20-11-14-5-3-4-10-19-14/h3-10H,2,11-12H2,1H3,(H,18,22)(H2,20,21,23). The Morgan fingerprint density at radius 3 is 2.54 bits per heavy atom. The number of urea groups is 1. The monoisotopic (exact) mass is 328 g/mol. The van der Waals surface area contributed by atoms with Gasteiger partial charge in [0.25, 0.3) is 5.91 Å². The van der Waals surface area contributed by atoms with Crippen LogP contribution in [-0.2, 0) is 11.3 Å². The molecular weight excluding hydrogens is 308 g/mol. The predicted molar refractivity (Wildman–Crippen MR) is 90.7 cm³/mol. The van der Waals surface area contributed by atoms with Crippen molar-refractivity contribution in [2.75, 3.05) is 18.5 Å². The van der Waals surface area contributed by atoms with E-state index < -0.39 is 0 Å². The van der Waals surface area contributed by atoms with Gasteiger partial charge in [0.15, 0.2) is 6.61 Å². The number of carbonyl (C=O) groups excluding carboxylic acids is 2. The molecule has 1 heterocycles. The third kappa shape index (κ3) is 5.96. The van der Waals surface area contributed by atoms with E-state index in [2.05, 4.69) is 20.9 Å². The Hall–Kier alpha value is -3.09. The number of hydrogen-bond acceptors (Lipinski definition) is 4. The maximum absolute atomic E-state index is 11.8. The Bertz CT molecular complexity index is 659. The molecule has 0 radical (unpaired) electrons. The zero-order valence-electron chi connectivity index (χ0n) is 13.4. The molecule has 3 N–H and O–H groups in total. The summed E-state index contributed by atoms with van der Waals surface area (Å²) in [6, 6.07) is 12.0. The number of anilines is 1. The van der Waals surface area contributed by atoms with Crippen LogP contribution in [-0.4, -0.2) is 30.1 Å². The van der Waals surface area contributed by atoms with Gasteiger partial charge in [0.1, 0.15) is 5.75 Å². The Kier molecular flexibility index (Phi) is 6.58. The molecule has 2 rings (SSSR count). The summed E-state index contributed by atoms with van der Waals surface area (Å²) in [7, 11) is 0. The summed E-state index contributed by atoms with van der Waals surface area (Å²) in [5.74, 6) is 0.384. The number of amides is 3. The third-order valence-electron chi connectivity index (χ3n) is 3.01. The second-order valence-corrected chi connectivity index (χ2v) is 4.90. The van der Waals surface area contributed by atoms with Gasteiger partial charge in [-0.25, -0.2) is 4.79 Å². The first kappa shape index (κ1) is 17.3. The summed E-state index contributed by atoms with van der Waals surface area (Å²) < 4.78 is 5.34. The van der Waals surface area contributed by atoms with Gasteiger partial charge >= 0.3 is 6.03 Å². The molecular formula is C17H20N4O3. The Morgan fingerprint density at radius 2 is 1.88 bits per heavy atom. The number of pyridine rings is 1. The lowest BCUT2D eigenvalue weighted by atomic mass is 10.3. The van der Waals surface area contributed by atoms with Crippen molar-refractivity contribution in [2.24, 2.45) is 0 Å². The van der Waals surface area contributed by atoms with Crippen molar-refractivity contribution in [2.45, 2.75) is 13.5 Å². The van der Waals surface area contributed by atoms with E-state index >= 15 is 0 Å². The van der Waals surface area contributed by atoms with Crippen LogP contribution < -0.4 is 20.7 Å². The van der Waals surface area contributed by atoms with Gasteiger partial charge in [-0.05, 0) is 43.3 Å². The summed E-state index contributed by atoms with van der Waals surface area (Å²) in [5.41, 5.74) is 1.40. The SMILES string of the molecule is CCNC(=O)COc1ccc(NC(=O)NCc2ccccn2)cc1. The summed E-state index contributed by atoms with van der Waals surface area (Å²) >= 11 is 0. The molecule has 0 aliphatic heterocycles. The van der Waals surface area contributed by atoms with E-state index in [0.717, 1.165) is 5.69 Å². The first-order chi connectivity index (χ1) is 11.7. The lowest BCUT2D eigenvalue weighted by Crippen LogP contribution is -2.28. The first-order valence-electron chi connectivity index (χ1n) is 7.61. The summed E-state index contributed by atoms with van der Waals surface area (Å²) in [4.78, 5) is 27.3. The van der Waals surface area contributed by atoms with Gasteiger partial charge < -0.3 is 20.7 Å². The Balaban J connectivity index is 1.76. The largest absolute Gasteiger partial charge is 0.484 e. The maximum atomic E-state index is 11.8. The van der Waals surface area contributed by atoms with Crippen molar-refractivity contribution in [3.05, 3.63) is 54.4 Å². The number of aromatic nitrogens is 1. The van der Waals surface area contributed by atoms with E-state index in [4.69, 9.17) is 4.74 Å². The minimum Gasteiger partial charge on any atom is -0.484 e. The van der Waals surface area contributed by atoms with Gasteiger partial charge in [0, 0.05) is 18.4 Å². The van der Waals surface area contributed by atoms with Crippen LogP contribution in [0.2, 0.25) is 0 Å². The van der Waals surface area contributed by atoms with Crippen LogP contribution in [0.1, 0.15) is 12.6 Å². The molecule has 3 amide bonds. The van der Waals surface area contributed by atoms with Crippen molar-refractivity contribution in [1.82, 2.24) is 15.6 Å². The molecule has 24 heavy (non-hydrogen) atoms. The minimum absolute atomic E-state index is 0.0365. The fourth-order valence-corrected chi connectivity index (χ4v) is 1.88. The van der Waals surface area contributed by atoms with E-state index in [0.29, 0.717) is 24.5 Å². The average Bonchev–Trinajstić information content (AvgIpc) is 2.60. The van der Waals surface area contributed by atoms with Crippen molar-refractivity contribution < 1.29 is 14.3 Å². The number of ether oxygens (including phenoxy) is 1. The van der Waals surface area contributed by atoms with Crippen molar-refractivity contribution >= 4 is 17.6 Å². The van der Waals surface area contributed by atoms with E-state index in [9.17, 15) is 9.59 Å². The smallest absolute Gasteiger partial charge is 0.319 e. The molecule has 126 valence electrons. The number of likely N-dealkylation sites (N-methyl/N-ethyl adjacent to an activating group) is 1. The molecule has 1 aromatic carbocycles. The quantitative estimate of drug-likeness (QED) is 0.724. The zero-order chi connectivity index (χ0) is 17.2. The molecule has 7 heteroatoms. The number of hydrogen-bond donors (Lipinski definition) is 3. The van der Waals surface area contributed by atoms with Crippen LogP contribution in [0.3, 0.4) is 0 Å². The molecule has 1 aromatic heterocycles. The lowest BCUT2D eigenvalue weighted by molar-refractivity contribution is -0.122. The number of carbonyl (C=O) groups is 2. The van der Waals surface area contributed by atoms with Crippen LogP contribution in [0.15, 0.2) is 48.7 Å². The second-order valence-electron chi connectivity index (χ2n) is 4.90. The highest BCUT2D eigenvalue weighted by molar-refractivity contribution is 5.89. The molecule has 7 nitrogen and oxygen atoms in total. The molecule has 0 fully saturated rings. The molecule has 0 saturated heterocycles. The van der Waals surface area contributed by atoms with Crippen LogP contribution in [0.25, 0.3) is 0 Å². The topological polar surface area (TPSA) is 92.4 Å². The zero-order valence-corrected chi connectivity index (χ0v) is 13.4. The maximum Gasteiger partial charge on any atom is 0.319 e. The molecule has 0 atom stereocenters. The Morgan fingerprint density at radius 1 is 1.08 bits per heavy atom. The van der Waals surface area contributed by atoms with E-state index in [-0.39, 0.29) is 18.5 Å². The summed E-state index contributed by atoms with van der Waals surface area (Å²) in [5, 5.41) is 8.08. The molecule has 0 aliphatic rings. The van der Waals surface area contributed by atoms with Crippen molar-refractivity contribution in [3.8, 4) is 5.75 Å². The van der Waals surface area contributed by atoms with Gasteiger partial charge in [-0.15, -0.1) is 0 Å². The lowest BCUT2D eigenvalue weighted by Gasteiger charge is -2.09. The number of nitrogens with zero attached hydrogens (tertiary/aromatic N) is 1. The highest BCUT2D eigenvalue weighted by Gasteiger charge is 2.04. The molecule has 0 saturated carbocycles. The molecule has 2 aromatic rings. The van der Waals surface area contributed by atoms with Gasteiger partial charge in [0.2, 0.25) is 0 Å². The average molecular weight is 328 g/mol. The normalized spacial score (nSPS) is 9.88. The van der Waals surface area contributed by atoms with Crippen LogP contribution in [0, 0.1) is 0 Å². The van der Waals surface area contributed by atoms with E-state index in [1.165, 1.54) is 0 Å². The molecule has 0 aliphatic carbocycles. The second kappa shape index (κ2) is 9.14. The Labute approximate surface area is 140 Å². The highest BCUT2D eigenvalue weighted by atomic mass is 16.5. The predicted octanol–water partition coefficient (Wildman–Crippen LogP) is 1.92. The van der Waals surface area contributed by atoms with Gasteiger partial charge in [-0.1, -0.05) is 6.07 Å². The number of nitrogens with one attached hydrogen (secondary N) is 3. The van der Waals surface area contributed by atoms with E-state index in [1.54, 1.807) is 30.5 Å². The van der Waals surface area contributed by atoms with E-state index in [1.807, 2.05) is 25.1 Å².